The largest absolute Gasteiger partial charge is 0.455 e. The zero-order chi connectivity index (χ0) is 33.7. The van der Waals surface area contributed by atoms with Gasteiger partial charge in [-0.2, -0.15) is 0 Å². The Kier molecular flexibility index (Phi) is 21.8. The Labute approximate surface area is 269 Å². The molecule has 0 radical (unpaired) electrons. The summed E-state index contributed by atoms with van der Waals surface area (Å²) in [6.45, 7) is 10.5. The van der Waals surface area contributed by atoms with Crippen molar-refractivity contribution < 1.29 is 23.9 Å². The number of unbranched alkanes of at least 4 members (excludes halogenated alkanes) is 2. The number of rotatable bonds is 16. The summed E-state index contributed by atoms with van der Waals surface area (Å²) in [5.74, 6) is -0.256. The van der Waals surface area contributed by atoms with Crippen LogP contribution in [0.4, 0.5) is 0 Å². The molecule has 0 aromatic carbocycles. The van der Waals surface area contributed by atoms with Crippen LogP contribution in [0.3, 0.4) is 0 Å². The molecule has 1 heterocycles. The molecular weight excluding hydrogens is 578 g/mol. The normalized spacial score (nSPS) is 14.3. The van der Waals surface area contributed by atoms with Gasteiger partial charge in [-0.1, -0.05) is 53.4 Å². The number of hydrogen-bond donors (Lipinski definition) is 3. The third kappa shape index (κ3) is 17.4. The van der Waals surface area contributed by atoms with E-state index in [4.69, 9.17) is 10.5 Å². The molecule has 11 heteroatoms. The lowest BCUT2D eigenvalue weighted by atomic mass is 9.95. The first kappa shape index (κ1) is 41.0. The molecule has 1 saturated carbocycles. The lowest BCUT2D eigenvalue weighted by Gasteiger charge is -2.34. The molecule has 0 spiro atoms. The minimum Gasteiger partial charge on any atom is -0.455 e. The van der Waals surface area contributed by atoms with Gasteiger partial charge < -0.3 is 26.0 Å². The number of nitrogens with two attached hydrogens (primary N) is 1. The van der Waals surface area contributed by atoms with Crippen LogP contribution >= 0.6 is 11.3 Å². The lowest BCUT2D eigenvalue weighted by molar-refractivity contribution is -0.148. The van der Waals surface area contributed by atoms with Crippen LogP contribution in [0.1, 0.15) is 127 Å². The number of carbonyl (C=O) groups excluding carboxylic acids is 4. The van der Waals surface area contributed by atoms with Crippen molar-refractivity contribution in [1.29, 1.82) is 0 Å². The van der Waals surface area contributed by atoms with Crippen molar-refractivity contribution in [1.82, 2.24) is 20.5 Å². The average molecular weight is 636 g/mol. The number of ether oxygens (including phenoxy) is 1. The highest BCUT2D eigenvalue weighted by Crippen LogP contribution is 2.31. The Hall–Kier alpha value is -2.97. The van der Waals surface area contributed by atoms with E-state index in [2.05, 4.69) is 42.3 Å². The Morgan fingerprint density at radius 3 is 2.25 bits per heavy atom. The number of hydrogen-bond acceptors (Lipinski definition) is 8. The summed E-state index contributed by atoms with van der Waals surface area (Å²) >= 11 is 1.32. The molecule has 250 valence electrons. The molecule has 10 nitrogen and oxygen atoms in total. The van der Waals surface area contributed by atoms with Crippen molar-refractivity contribution in [2.24, 2.45) is 17.6 Å². The predicted molar refractivity (Wildman–Crippen MR) is 178 cm³/mol. The summed E-state index contributed by atoms with van der Waals surface area (Å²) in [5.41, 5.74) is 5.31. The SMILES string of the molecule is C#C.CC(=O)OC(CC(C(C)C)N(C)C(=O)CC(C)C)c1nc(C(=O)NC2CCCCC2)cs1.CNCCCCCC(N)=O. The van der Waals surface area contributed by atoms with Gasteiger partial charge in [-0.3, -0.25) is 19.2 Å². The topological polar surface area (TPSA) is 144 Å². The Morgan fingerprint density at radius 1 is 1.09 bits per heavy atom. The van der Waals surface area contributed by atoms with Crippen LogP contribution in [0, 0.1) is 24.7 Å². The smallest absolute Gasteiger partial charge is 0.303 e. The maximum absolute atomic E-state index is 12.7. The van der Waals surface area contributed by atoms with Crippen LogP contribution in [-0.4, -0.2) is 66.3 Å². The molecule has 1 fully saturated rings. The van der Waals surface area contributed by atoms with E-state index >= 15 is 0 Å². The summed E-state index contributed by atoms with van der Waals surface area (Å²) in [4.78, 5) is 53.7. The van der Waals surface area contributed by atoms with Gasteiger partial charge in [-0.25, -0.2) is 4.98 Å². The van der Waals surface area contributed by atoms with Gasteiger partial charge >= 0.3 is 5.97 Å². The summed E-state index contributed by atoms with van der Waals surface area (Å²) in [5, 5.41) is 8.43. The fourth-order valence-electron chi connectivity index (χ4n) is 5.00. The molecule has 44 heavy (non-hydrogen) atoms. The van der Waals surface area contributed by atoms with E-state index in [0.29, 0.717) is 30.0 Å². The van der Waals surface area contributed by atoms with E-state index in [-0.39, 0.29) is 41.6 Å². The maximum atomic E-state index is 12.7. The molecule has 2 atom stereocenters. The van der Waals surface area contributed by atoms with Gasteiger partial charge in [0.1, 0.15) is 10.7 Å². The first-order valence-electron chi connectivity index (χ1n) is 15.8. The number of primary amides is 1. The molecule has 2 unspecified atom stereocenters. The highest BCUT2D eigenvalue weighted by atomic mass is 32.1. The highest BCUT2D eigenvalue weighted by molar-refractivity contribution is 7.09. The van der Waals surface area contributed by atoms with Crippen molar-refractivity contribution in [3.05, 3.63) is 16.1 Å². The molecule has 4 N–H and O–H groups in total. The van der Waals surface area contributed by atoms with Crippen LogP contribution in [-0.2, 0) is 19.1 Å². The molecule has 0 aliphatic heterocycles. The number of thiazole rings is 1. The van der Waals surface area contributed by atoms with Gasteiger partial charge in [0, 0.05) is 50.7 Å². The zero-order valence-corrected chi connectivity index (χ0v) is 28.8. The van der Waals surface area contributed by atoms with Crippen molar-refractivity contribution in [3.8, 4) is 12.8 Å². The number of amides is 3. The van der Waals surface area contributed by atoms with Gasteiger partial charge in [0.2, 0.25) is 11.8 Å². The lowest BCUT2D eigenvalue weighted by Crippen LogP contribution is -2.42. The van der Waals surface area contributed by atoms with Crippen molar-refractivity contribution in [2.75, 3.05) is 20.6 Å². The van der Waals surface area contributed by atoms with E-state index in [0.717, 1.165) is 51.5 Å². The van der Waals surface area contributed by atoms with Crippen LogP contribution in [0.5, 0.6) is 0 Å². The standard InChI is InChI=1S/C24H39N3O4S.C7H16N2O.C2H2/c1-15(2)12-22(29)27(6)20(16(3)4)13-21(31-17(5)28)24-26-19(14-32-24)23(30)25-18-10-8-7-9-11-18;1-9-6-4-2-3-5-7(8)10;1-2/h14-16,18,20-21H,7-13H2,1-6H3,(H,25,30);9H,2-6H2,1H3,(H2,8,10);1-2H. The summed E-state index contributed by atoms with van der Waals surface area (Å²) < 4.78 is 5.61. The van der Waals surface area contributed by atoms with Gasteiger partial charge in [0.25, 0.3) is 5.91 Å². The Bertz CT molecular complexity index is 1000. The number of aromatic nitrogens is 1. The van der Waals surface area contributed by atoms with E-state index in [1.807, 2.05) is 27.9 Å². The first-order valence-corrected chi connectivity index (χ1v) is 16.7. The second-order valence-electron chi connectivity index (χ2n) is 12.0. The molecule has 0 bridgehead atoms. The molecule has 0 saturated heterocycles. The molecule has 3 amide bonds. The second kappa shape index (κ2) is 23.4. The van der Waals surface area contributed by atoms with Crippen LogP contribution in [0.15, 0.2) is 5.38 Å². The molecule has 1 aliphatic carbocycles. The van der Waals surface area contributed by atoms with Crippen LogP contribution < -0.4 is 16.4 Å². The molecule has 1 aromatic rings. The first-order chi connectivity index (χ1) is 20.8. The molecule has 1 aromatic heterocycles. The number of terminal acetylenes is 1. The maximum Gasteiger partial charge on any atom is 0.303 e. The van der Waals surface area contributed by atoms with Crippen LogP contribution in [0.25, 0.3) is 0 Å². The average Bonchev–Trinajstić information content (AvgIpc) is 3.46. The van der Waals surface area contributed by atoms with Gasteiger partial charge in [-0.05, 0) is 51.1 Å². The Balaban J connectivity index is 0.00000131. The summed E-state index contributed by atoms with van der Waals surface area (Å²) in [6, 6.07) is 0.0885. The van der Waals surface area contributed by atoms with E-state index in [1.54, 1.807) is 10.3 Å². The molecular formula is C33H57N5O5S. The zero-order valence-electron chi connectivity index (χ0n) is 28.0. The minimum absolute atomic E-state index is 0.0759. The van der Waals surface area contributed by atoms with Crippen LogP contribution in [0.2, 0.25) is 0 Å². The number of carbonyl (C=O) groups is 4. The quantitative estimate of drug-likeness (QED) is 0.128. The van der Waals surface area contributed by atoms with E-state index in [9.17, 15) is 19.2 Å². The van der Waals surface area contributed by atoms with E-state index in [1.165, 1.54) is 24.7 Å². The molecule has 1 aliphatic rings. The third-order valence-corrected chi connectivity index (χ3v) is 8.26. The van der Waals surface area contributed by atoms with Gasteiger partial charge in [0.05, 0.1) is 0 Å². The number of nitrogens with one attached hydrogen (secondary N) is 2. The third-order valence-electron chi connectivity index (χ3n) is 7.33. The van der Waals surface area contributed by atoms with Crippen molar-refractivity contribution in [3.63, 3.8) is 0 Å². The monoisotopic (exact) mass is 635 g/mol. The van der Waals surface area contributed by atoms with Gasteiger partial charge in [-0.15, -0.1) is 24.2 Å². The summed E-state index contributed by atoms with van der Waals surface area (Å²) in [6.07, 6.45) is 17.5. The fraction of sp³-hybridized carbons (Fsp3) is 0.727. The van der Waals surface area contributed by atoms with Crippen molar-refractivity contribution >= 4 is 35.0 Å². The molecule has 2 rings (SSSR count). The predicted octanol–water partition coefficient (Wildman–Crippen LogP) is 5.23. The number of esters is 1. The minimum atomic E-state index is -0.601. The Morgan fingerprint density at radius 2 is 1.73 bits per heavy atom. The summed E-state index contributed by atoms with van der Waals surface area (Å²) in [7, 11) is 3.74. The highest BCUT2D eigenvalue weighted by Gasteiger charge is 2.31. The second-order valence-corrected chi connectivity index (χ2v) is 12.9. The van der Waals surface area contributed by atoms with Crippen molar-refractivity contribution in [2.45, 2.75) is 123 Å². The van der Waals surface area contributed by atoms with Gasteiger partial charge in [0.15, 0.2) is 6.10 Å². The van der Waals surface area contributed by atoms with E-state index < -0.39 is 12.1 Å². The number of nitrogens with zero attached hydrogens (tertiary/aromatic N) is 2. The fourth-order valence-corrected chi connectivity index (χ4v) is 5.84.